The van der Waals surface area contributed by atoms with Crippen molar-refractivity contribution in [2.24, 2.45) is 4.99 Å². The zero-order valence-corrected chi connectivity index (χ0v) is 15.8. The molecular formula is C17H15F4N3O4S. The standard InChI is InChI=1S/C17H15F4N3O4S/c1-9-7-24(15(29-9)22-14(26)23-5-4-11(25)8-23)10-2-3-12-13(6-10)28-17(20,21)16(18,19)27-12/h2-3,6-7,11,25H,4-5,8H2,1H3/b22-15-/t11-/m1/s1. The molecule has 1 atom stereocenters. The summed E-state index contributed by atoms with van der Waals surface area (Å²) < 4.78 is 63.2. The molecule has 0 saturated carbocycles. The molecule has 2 aliphatic heterocycles. The smallest absolute Gasteiger partial charge is 0.421 e. The molecule has 1 N–H and O–H groups in total. The highest BCUT2D eigenvalue weighted by Crippen LogP contribution is 2.47. The fourth-order valence-electron chi connectivity index (χ4n) is 2.99. The van der Waals surface area contributed by atoms with Crippen molar-refractivity contribution in [1.82, 2.24) is 9.47 Å². The van der Waals surface area contributed by atoms with Gasteiger partial charge in [0.1, 0.15) is 0 Å². The van der Waals surface area contributed by atoms with Crippen LogP contribution in [0.15, 0.2) is 29.4 Å². The number of hydrogen-bond donors (Lipinski definition) is 1. The van der Waals surface area contributed by atoms with Crippen LogP contribution in [0.4, 0.5) is 22.4 Å². The Morgan fingerprint density at radius 1 is 1.24 bits per heavy atom. The van der Waals surface area contributed by atoms with Crippen LogP contribution in [0.5, 0.6) is 11.5 Å². The maximum atomic E-state index is 13.5. The highest BCUT2D eigenvalue weighted by Gasteiger charge is 2.65. The number of nitrogens with zero attached hydrogens (tertiary/aromatic N) is 3. The summed E-state index contributed by atoms with van der Waals surface area (Å²) in [5, 5.41) is 9.56. The Balaban J connectivity index is 1.70. The first-order valence-electron chi connectivity index (χ1n) is 8.54. The van der Waals surface area contributed by atoms with Gasteiger partial charge in [-0.25, -0.2) is 4.79 Å². The number of ether oxygens (including phenoxy) is 2. The molecule has 0 radical (unpaired) electrons. The van der Waals surface area contributed by atoms with Gasteiger partial charge in [0, 0.05) is 30.2 Å². The average molecular weight is 433 g/mol. The Hall–Kier alpha value is -2.60. The molecule has 1 aromatic heterocycles. The zero-order chi connectivity index (χ0) is 21.0. The molecule has 2 aromatic rings. The fourth-order valence-corrected chi connectivity index (χ4v) is 3.82. The number of urea groups is 1. The monoisotopic (exact) mass is 433 g/mol. The lowest BCUT2D eigenvalue weighted by Gasteiger charge is -2.31. The minimum Gasteiger partial charge on any atom is -0.421 e. The third kappa shape index (κ3) is 3.57. The minimum absolute atomic E-state index is 0.181. The third-order valence-corrected chi connectivity index (χ3v) is 5.31. The van der Waals surface area contributed by atoms with Crippen LogP contribution in [0.3, 0.4) is 0 Å². The van der Waals surface area contributed by atoms with Gasteiger partial charge in [0.25, 0.3) is 0 Å². The van der Waals surface area contributed by atoms with Crippen molar-refractivity contribution >= 4 is 17.4 Å². The van der Waals surface area contributed by atoms with Crippen molar-refractivity contribution in [3.8, 4) is 17.2 Å². The van der Waals surface area contributed by atoms with Gasteiger partial charge in [0.05, 0.1) is 11.8 Å². The van der Waals surface area contributed by atoms with Gasteiger partial charge >= 0.3 is 18.2 Å². The van der Waals surface area contributed by atoms with Crippen LogP contribution in [0, 0.1) is 6.92 Å². The number of fused-ring (bicyclic) bond motifs is 1. The van der Waals surface area contributed by atoms with Crippen molar-refractivity contribution in [1.29, 1.82) is 0 Å². The van der Waals surface area contributed by atoms with Crippen LogP contribution in [0.25, 0.3) is 5.69 Å². The second-order valence-corrected chi connectivity index (χ2v) is 7.86. The van der Waals surface area contributed by atoms with Gasteiger partial charge in [-0.3, -0.25) is 4.57 Å². The number of aliphatic hydroxyl groups is 1. The molecule has 0 spiro atoms. The van der Waals surface area contributed by atoms with Crippen LogP contribution >= 0.6 is 11.3 Å². The number of amides is 2. The van der Waals surface area contributed by atoms with Crippen LogP contribution in [-0.4, -0.2) is 52.0 Å². The number of aliphatic hydroxyl groups excluding tert-OH is 1. The van der Waals surface area contributed by atoms with Crippen molar-refractivity contribution < 1.29 is 36.9 Å². The molecule has 1 saturated heterocycles. The van der Waals surface area contributed by atoms with E-state index in [1.807, 2.05) is 0 Å². The summed E-state index contributed by atoms with van der Waals surface area (Å²) in [5.41, 5.74) is 0.269. The predicted molar refractivity (Wildman–Crippen MR) is 92.7 cm³/mol. The molecule has 1 aromatic carbocycles. The average Bonchev–Trinajstić information content (AvgIpc) is 3.21. The maximum absolute atomic E-state index is 13.5. The van der Waals surface area contributed by atoms with Crippen molar-refractivity contribution in [3.05, 3.63) is 34.1 Å². The largest absolute Gasteiger partial charge is 0.507 e. The Labute approximate surface area is 165 Å². The van der Waals surface area contributed by atoms with Gasteiger partial charge in [-0.1, -0.05) is 0 Å². The quantitative estimate of drug-likeness (QED) is 0.702. The first kappa shape index (κ1) is 19.7. The normalized spacial score (nSPS) is 22.8. The number of carbonyl (C=O) groups excluding carboxylic acids is 1. The summed E-state index contributed by atoms with van der Waals surface area (Å²) in [4.78, 5) is 18.8. The Morgan fingerprint density at radius 3 is 2.59 bits per heavy atom. The van der Waals surface area contributed by atoms with E-state index in [0.29, 0.717) is 13.0 Å². The first-order chi connectivity index (χ1) is 13.6. The van der Waals surface area contributed by atoms with E-state index >= 15 is 0 Å². The molecule has 4 rings (SSSR count). The number of halogens is 4. The molecule has 2 aliphatic rings. The molecule has 0 bridgehead atoms. The van der Waals surface area contributed by atoms with Gasteiger partial charge in [-0.2, -0.15) is 22.6 Å². The highest BCUT2D eigenvalue weighted by molar-refractivity contribution is 7.09. The summed E-state index contributed by atoms with van der Waals surface area (Å²) in [5.74, 6) is -1.09. The number of benzene rings is 1. The summed E-state index contributed by atoms with van der Waals surface area (Å²) in [7, 11) is 0. The molecule has 12 heteroatoms. The second-order valence-electron chi connectivity index (χ2n) is 6.65. The maximum Gasteiger partial charge on any atom is 0.507 e. The lowest BCUT2D eigenvalue weighted by Crippen LogP contribution is -2.52. The van der Waals surface area contributed by atoms with E-state index in [1.165, 1.54) is 26.9 Å². The van der Waals surface area contributed by atoms with E-state index in [0.717, 1.165) is 17.0 Å². The summed E-state index contributed by atoms with van der Waals surface area (Å²) in [6.45, 7) is 2.32. The number of aromatic nitrogens is 1. The van der Waals surface area contributed by atoms with Gasteiger partial charge in [0.15, 0.2) is 16.3 Å². The Morgan fingerprint density at radius 2 is 1.93 bits per heavy atom. The van der Waals surface area contributed by atoms with Crippen LogP contribution in [0.1, 0.15) is 11.3 Å². The molecule has 7 nitrogen and oxygen atoms in total. The number of thiazole rings is 1. The molecule has 3 heterocycles. The first-order valence-corrected chi connectivity index (χ1v) is 9.36. The molecule has 1 fully saturated rings. The summed E-state index contributed by atoms with van der Waals surface area (Å²) in [6, 6.07) is 3.00. The van der Waals surface area contributed by atoms with Crippen molar-refractivity contribution in [2.45, 2.75) is 31.7 Å². The number of alkyl halides is 4. The number of β-amino-alcohol motifs (C(OH)–C–C–N with tert-alkyl or cyclic N) is 1. The van der Waals surface area contributed by atoms with Crippen LogP contribution < -0.4 is 14.3 Å². The van der Waals surface area contributed by atoms with Crippen molar-refractivity contribution in [2.75, 3.05) is 13.1 Å². The molecule has 156 valence electrons. The molecular weight excluding hydrogens is 418 g/mol. The number of likely N-dealkylation sites (tertiary alicyclic amines) is 1. The van der Waals surface area contributed by atoms with E-state index < -0.39 is 35.9 Å². The van der Waals surface area contributed by atoms with E-state index in [9.17, 15) is 27.5 Å². The van der Waals surface area contributed by atoms with Gasteiger partial charge in [-0.15, -0.1) is 11.3 Å². The molecule has 29 heavy (non-hydrogen) atoms. The predicted octanol–water partition coefficient (Wildman–Crippen LogP) is 2.89. The van der Waals surface area contributed by atoms with E-state index in [1.54, 1.807) is 13.1 Å². The minimum atomic E-state index is -4.83. The second kappa shape index (κ2) is 6.73. The highest BCUT2D eigenvalue weighted by atomic mass is 32.1. The zero-order valence-electron chi connectivity index (χ0n) is 14.9. The Bertz CT molecular complexity index is 1040. The van der Waals surface area contributed by atoms with Crippen molar-refractivity contribution in [3.63, 3.8) is 0 Å². The molecule has 0 aliphatic carbocycles. The lowest BCUT2D eigenvalue weighted by molar-refractivity contribution is -0.391. The van der Waals surface area contributed by atoms with E-state index in [2.05, 4.69) is 14.5 Å². The SMILES string of the molecule is Cc1cn(-c2ccc3c(c2)OC(F)(F)C(F)(F)O3)/c(=N/C(=O)N2CC[C@@H](O)C2)s1. The number of carbonyl (C=O) groups is 1. The van der Waals surface area contributed by atoms with E-state index in [4.69, 9.17) is 0 Å². The Kier molecular flexibility index (Phi) is 4.57. The van der Waals surface area contributed by atoms with Gasteiger partial charge in [-0.05, 0) is 25.5 Å². The van der Waals surface area contributed by atoms with Crippen LogP contribution in [0.2, 0.25) is 0 Å². The number of rotatable bonds is 1. The third-order valence-electron chi connectivity index (χ3n) is 4.42. The van der Waals surface area contributed by atoms with Gasteiger partial charge < -0.3 is 19.5 Å². The topological polar surface area (TPSA) is 76.3 Å². The van der Waals surface area contributed by atoms with E-state index in [-0.39, 0.29) is 17.0 Å². The number of hydrogen-bond acceptors (Lipinski definition) is 5. The van der Waals surface area contributed by atoms with Gasteiger partial charge in [0.2, 0.25) is 0 Å². The molecule has 0 unspecified atom stereocenters. The van der Waals surface area contributed by atoms with Crippen LogP contribution in [-0.2, 0) is 0 Å². The summed E-state index contributed by atoms with van der Waals surface area (Å²) in [6.07, 6.45) is -8.13. The fraction of sp³-hybridized carbons (Fsp3) is 0.412. The molecule has 2 amide bonds. The number of aryl methyl sites for hydroxylation is 1. The lowest BCUT2D eigenvalue weighted by atomic mass is 10.2. The summed E-state index contributed by atoms with van der Waals surface area (Å²) >= 11 is 1.18.